The maximum absolute atomic E-state index is 11.8. The summed E-state index contributed by atoms with van der Waals surface area (Å²) in [6.45, 7) is 2.34. The van der Waals surface area contributed by atoms with Crippen LogP contribution in [0.15, 0.2) is 54.9 Å². The Morgan fingerprint density at radius 2 is 2.03 bits per heavy atom. The Kier molecular flexibility index (Phi) is 4.70. The topological polar surface area (TPSA) is 131 Å². The summed E-state index contributed by atoms with van der Waals surface area (Å²) < 4.78 is 1.69. The molecule has 0 unspecified atom stereocenters. The lowest BCUT2D eigenvalue weighted by molar-refractivity contribution is 0.100. The van der Waals surface area contributed by atoms with Crippen molar-refractivity contribution in [2.24, 2.45) is 5.73 Å². The smallest absolute Gasteiger partial charge is 0.321 e. The van der Waals surface area contributed by atoms with Crippen molar-refractivity contribution in [3.63, 3.8) is 0 Å². The number of benzene rings is 2. The SMILES string of the molecule is CCNC(=O)Nc1nc2c(-n3cccn3)cc(-c3cccc(C(N)=O)c3)cc2[nH]1. The molecule has 0 saturated heterocycles. The maximum atomic E-state index is 11.8. The van der Waals surface area contributed by atoms with Gasteiger partial charge in [0.25, 0.3) is 0 Å². The first-order valence-corrected chi connectivity index (χ1v) is 9.04. The molecule has 0 aliphatic rings. The lowest BCUT2D eigenvalue weighted by Gasteiger charge is -2.08. The normalized spacial score (nSPS) is 10.8. The number of urea groups is 1. The number of H-pyrrole nitrogens is 1. The van der Waals surface area contributed by atoms with Gasteiger partial charge in [0, 0.05) is 24.5 Å². The van der Waals surface area contributed by atoms with Crippen LogP contribution < -0.4 is 16.4 Å². The third kappa shape index (κ3) is 3.65. The van der Waals surface area contributed by atoms with E-state index in [1.807, 2.05) is 37.4 Å². The zero-order valence-corrected chi connectivity index (χ0v) is 15.6. The van der Waals surface area contributed by atoms with Crippen LogP contribution in [-0.4, -0.2) is 38.2 Å². The van der Waals surface area contributed by atoms with Crippen LogP contribution in [0, 0.1) is 0 Å². The molecule has 3 amide bonds. The number of hydrogen-bond acceptors (Lipinski definition) is 4. The fraction of sp³-hybridized carbons (Fsp3) is 0.100. The van der Waals surface area contributed by atoms with Gasteiger partial charge in [-0.15, -0.1) is 0 Å². The first-order chi connectivity index (χ1) is 14.0. The van der Waals surface area contributed by atoms with Crippen molar-refractivity contribution in [2.45, 2.75) is 6.92 Å². The van der Waals surface area contributed by atoms with Gasteiger partial charge in [-0.2, -0.15) is 5.10 Å². The molecule has 2 heterocycles. The Balaban J connectivity index is 1.85. The molecule has 4 aromatic rings. The van der Waals surface area contributed by atoms with Crippen LogP contribution in [0.4, 0.5) is 10.7 Å². The minimum Gasteiger partial charge on any atom is -0.366 e. The van der Waals surface area contributed by atoms with Crippen LogP contribution in [0.1, 0.15) is 17.3 Å². The highest BCUT2D eigenvalue weighted by atomic mass is 16.2. The van der Waals surface area contributed by atoms with Gasteiger partial charge in [0.1, 0.15) is 5.52 Å². The summed E-state index contributed by atoms with van der Waals surface area (Å²) >= 11 is 0. The lowest BCUT2D eigenvalue weighted by Crippen LogP contribution is -2.28. The predicted octanol–water partition coefficient (Wildman–Crippen LogP) is 2.66. The highest BCUT2D eigenvalue weighted by Crippen LogP contribution is 2.30. The first kappa shape index (κ1) is 18.2. The highest BCUT2D eigenvalue weighted by molar-refractivity contribution is 5.96. The van der Waals surface area contributed by atoms with E-state index in [1.54, 1.807) is 29.1 Å². The molecule has 9 heteroatoms. The number of fused-ring (bicyclic) bond motifs is 1. The van der Waals surface area contributed by atoms with Crippen molar-refractivity contribution in [2.75, 3.05) is 11.9 Å². The number of nitrogens with zero attached hydrogens (tertiary/aromatic N) is 3. The standard InChI is InChI=1S/C20H19N7O2/c1-2-22-20(29)26-19-24-15-10-14(12-5-3-6-13(9-12)18(21)28)11-16(17(15)25-19)27-8-4-7-23-27/h3-11H,2H2,1H3,(H2,21,28)(H3,22,24,25,26,29). The molecular weight excluding hydrogens is 370 g/mol. The van der Waals surface area contributed by atoms with E-state index < -0.39 is 5.91 Å². The predicted molar refractivity (Wildman–Crippen MR) is 110 cm³/mol. The maximum Gasteiger partial charge on any atom is 0.321 e. The van der Waals surface area contributed by atoms with Gasteiger partial charge in [-0.1, -0.05) is 12.1 Å². The second-order valence-electron chi connectivity index (χ2n) is 6.36. The van der Waals surface area contributed by atoms with Crippen molar-refractivity contribution < 1.29 is 9.59 Å². The molecule has 0 aliphatic heterocycles. The Labute approximate surface area is 165 Å². The van der Waals surface area contributed by atoms with E-state index >= 15 is 0 Å². The molecule has 4 rings (SSSR count). The summed E-state index contributed by atoms with van der Waals surface area (Å²) in [5.74, 6) is -0.169. The van der Waals surface area contributed by atoms with Crippen molar-refractivity contribution in [1.29, 1.82) is 0 Å². The second kappa shape index (κ2) is 7.47. The van der Waals surface area contributed by atoms with E-state index in [1.165, 1.54) is 0 Å². The minimum absolute atomic E-state index is 0.322. The first-order valence-electron chi connectivity index (χ1n) is 9.04. The molecule has 2 aromatic carbocycles. The van der Waals surface area contributed by atoms with Gasteiger partial charge in [-0.05, 0) is 48.4 Å². The van der Waals surface area contributed by atoms with E-state index in [-0.39, 0.29) is 6.03 Å². The molecule has 9 nitrogen and oxygen atoms in total. The van der Waals surface area contributed by atoms with E-state index in [4.69, 9.17) is 5.73 Å². The van der Waals surface area contributed by atoms with Crippen molar-refractivity contribution in [3.8, 4) is 16.8 Å². The average Bonchev–Trinajstić information content (AvgIpc) is 3.37. The van der Waals surface area contributed by atoms with E-state index in [9.17, 15) is 9.59 Å². The molecule has 0 spiro atoms. The third-order valence-corrected chi connectivity index (χ3v) is 4.37. The van der Waals surface area contributed by atoms with Crippen LogP contribution in [0.25, 0.3) is 27.8 Å². The zero-order chi connectivity index (χ0) is 20.4. The molecule has 5 N–H and O–H groups in total. The Morgan fingerprint density at radius 1 is 1.17 bits per heavy atom. The lowest BCUT2D eigenvalue weighted by atomic mass is 10.0. The number of carbonyl (C=O) groups excluding carboxylic acids is 2. The number of nitrogens with two attached hydrogens (primary N) is 1. The molecule has 29 heavy (non-hydrogen) atoms. The monoisotopic (exact) mass is 389 g/mol. The number of rotatable bonds is 5. The summed E-state index contributed by atoms with van der Waals surface area (Å²) in [4.78, 5) is 31.0. The number of aromatic nitrogens is 4. The minimum atomic E-state index is -0.491. The number of hydrogen-bond donors (Lipinski definition) is 4. The summed E-state index contributed by atoms with van der Waals surface area (Å²) in [5, 5.41) is 9.65. The van der Waals surface area contributed by atoms with Gasteiger partial charge in [0.2, 0.25) is 11.9 Å². The third-order valence-electron chi connectivity index (χ3n) is 4.37. The quantitative estimate of drug-likeness (QED) is 0.418. The Bertz CT molecular complexity index is 1190. The summed E-state index contributed by atoms with van der Waals surface area (Å²) in [5.41, 5.74) is 9.60. The van der Waals surface area contributed by atoms with Crippen molar-refractivity contribution in [3.05, 3.63) is 60.4 Å². The van der Waals surface area contributed by atoms with Crippen molar-refractivity contribution in [1.82, 2.24) is 25.1 Å². The summed E-state index contributed by atoms with van der Waals surface area (Å²) in [6, 6.07) is 12.4. The molecule has 2 aromatic heterocycles. The average molecular weight is 389 g/mol. The fourth-order valence-corrected chi connectivity index (χ4v) is 3.08. The van der Waals surface area contributed by atoms with Crippen LogP contribution in [0.2, 0.25) is 0 Å². The number of imidazole rings is 1. The van der Waals surface area contributed by atoms with E-state index in [2.05, 4.69) is 25.7 Å². The number of nitrogens with one attached hydrogen (secondary N) is 3. The van der Waals surface area contributed by atoms with Crippen LogP contribution in [-0.2, 0) is 0 Å². The molecule has 0 bridgehead atoms. The van der Waals surface area contributed by atoms with Gasteiger partial charge in [0.15, 0.2) is 0 Å². The molecule has 0 atom stereocenters. The number of aromatic amines is 1. The van der Waals surface area contributed by atoms with Crippen molar-refractivity contribution >= 4 is 28.9 Å². The molecule has 146 valence electrons. The van der Waals surface area contributed by atoms with Gasteiger partial charge in [0.05, 0.1) is 11.2 Å². The zero-order valence-electron chi connectivity index (χ0n) is 15.6. The number of amides is 3. The van der Waals surface area contributed by atoms with Gasteiger partial charge >= 0.3 is 6.03 Å². The van der Waals surface area contributed by atoms with Crippen LogP contribution >= 0.6 is 0 Å². The van der Waals surface area contributed by atoms with Crippen LogP contribution in [0.3, 0.4) is 0 Å². The van der Waals surface area contributed by atoms with Gasteiger partial charge < -0.3 is 16.0 Å². The fourth-order valence-electron chi connectivity index (χ4n) is 3.08. The molecular formula is C20H19N7O2. The highest BCUT2D eigenvalue weighted by Gasteiger charge is 2.14. The second-order valence-corrected chi connectivity index (χ2v) is 6.36. The van der Waals surface area contributed by atoms with E-state index in [0.717, 1.165) is 16.8 Å². The molecule has 0 aliphatic carbocycles. The molecule has 0 saturated carbocycles. The number of primary amides is 1. The summed E-state index contributed by atoms with van der Waals surface area (Å²) in [7, 11) is 0. The van der Waals surface area contributed by atoms with Gasteiger partial charge in [-0.25, -0.2) is 14.5 Å². The van der Waals surface area contributed by atoms with Crippen LogP contribution in [0.5, 0.6) is 0 Å². The van der Waals surface area contributed by atoms with E-state index in [0.29, 0.717) is 29.1 Å². The number of anilines is 1. The number of carbonyl (C=O) groups is 2. The molecule has 0 radical (unpaired) electrons. The summed E-state index contributed by atoms with van der Waals surface area (Å²) in [6.07, 6.45) is 3.48. The molecule has 0 fully saturated rings. The van der Waals surface area contributed by atoms with Gasteiger partial charge in [-0.3, -0.25) is 10.1 Å². The Morgan fingerprint density at radius 3 is 2.76 bits per heavy atom. The largest absolute Gasteiger partial charge is 0.366 e. The Hall–Kier alpha value is -4.14.